The molecule has 0 spiro atoms. The number of likely N-dealkylation sites (tertiary alicyclic amines) is 1. The highest BCUT2D eigenvalue weighted by Crippen LogP contribution is 2.24. The summed E-state index contributed by atoms with van der Waals surface area (Å²) in [5.74, 6) is 1.12. The lowest BCUT2D eigenvalue weighted by Crippen LogP contribution is -2.36. The third-order valence-corrected chi connectivity index (χ3v) is 4.11. The lowest BCUT2D eigenvalue weighted by Gasteiger charge is -2.23. The lowest BCUT2D eigenvalue weighted by molar-refractivity contribution is 0.0694. The van der Waals surface area contributed by atoms with E-state index in [1.165, 1.54) is 5.56 Å². The molecule has 1 aromatic carbocycles. The van der Waals surface area contributed by atoms with E-state index in [-0.39, 0.29) is 11.9 Å². The van der Waals surface area contributed by atoms with Gasteiger partial charge in [0.2, 0.25) is 5.76 Å². The number of aryl methyl sites for hydroxylation is 1. The second kappa shape index (κ2) is 6.22. The zero-order valence-corrected chi connectivity index (χ0v) is 12.9. The van der Waals surface area contributed by atoms with Crippen molar-refractivity contribution in [1.82, 2.24) is 10.1 Å². The second-order valence-corrected chi connectivity index (χ2v) is 5.68. The molecule has 0 bridgehead atoms. The van der Waals surface area contributed by atoms with Crippen LogP contribution in [0.4, 0.5) is 0 Å². The summed E-state index contributed by atoms with van der Waals surface area (Å²) in [7, 11) is 1.66. The van der Waals surface area contributed by atoms with Crippen LogP contribution in [0, 0.1) is 6.92 Å². The van der Waals surface area contributed by atoms with Gasteiger partial charge in [0.15, 0.2) is 0 Å². The number of rotatable bonds is 4. The molecule has 1 atom stereocenters. The van der Waals surface area contributed by atoms with Crippen LogP contribution in [0.2, 0.25) is 0 Å². The number of hydrogen-bond donors (Lipinski definition) is 0. The quantitative estimate of drug-likeness (QED) is 0.871. The van der Waals surface area contributed by atoms with E-state index in [1.807, 2.05) is 24.0 Å². The summed E-state index contributed by atoms with van der Waals surface area (Å²) < 4.78 is 10.3. The smallest absolute Gasteiger partial charge is 0.292 e. The number of hydrogen-bond acceptors (Lipinski definition) is 4. The molecule has 116 valence electrons. The van der Waals surface area contributed by atoms with Crippen molar-refractivity contribution in [1.29, 1.82) is 0 Å². The van der Waals surface area contributed by atoms with Gasteiger partial charge in [0, 0.05) is 18.7 Å². The first-order chi connectivity index (χ1) is 10.7. The molecular weight excluding hydrogens is 280 g/mol. The summed E-state index contributed by atoms with van der Waals surface area (Å²) in [5, 5.41) is 3.80. The van der Waals surface area contributed by atoms with E-state index < -0.39 is 0 Å². The van der Waals surface area contributed by atoms with Crippen molar-refractivity contribution in [2.24, 2.45) is 0 Å². The number of ether oxygens (including phenoxy) is 1. The predicted octanol–water partition coefficient (Wildman–Crippen LogP) is 2.84. The molecule has 1 aliphatic rings. The van der Waals surface area contributed by atoms with Gasteiger partial charge in [-0.15, -0.1) is 0 Å². The zero-order chi connectivity index (χ0) is 15.5. The number of carbonyl (C=O) groups excluding carboxylic acids is 1. The molecule has 1 unspecified atom stereocenters. The van der Waals surface area contributed by atoms with Gasteiger partial charge in [-0.3, -0.25) is 4.79 Å². The van der Waals surface area contributed by atoms with E-state index in [1.54, 1.807) is 13.2 Å². The highest BCUT2D eigenvalue weighted by atomic mass is 16.5. The van der Waals surface area contributed by atoms with Gasteiger partial charge in [-0.2, -0.15) is 0 Å². The summed E-state index contributed by atoms with van der Waals surface area (Å²) >= 11 is 0. The Labute approximate surface area is 129 Å². The maximum atomic E-state index is 12.5. The summed E-state index contributed by atoms with van der Waals surface area (Å²) in [4.78, 5) is 14.4. The largest absolute Gasteiger partial charge is 0.497 e. The molecular formula is C17H20N2O3. The van der Waals surface area contributed by atoms with Crippen LogP contribution in [0.25, 0.3) is 0 Å². The Morgan fingerprint density at radius 1 is 1.41 bits per heavy atom. The fourth-order valence-electron chi connectivity index (χ4n) is 2.95. The highest BCUT2D eigenvalue weighted by Gasteiger charge is 2.31. The summed E-state index contributed by atoms with van der Waals surface area (Å²) in [6.07, 6.45) is 2.90. The monoisotopic (exact) mass is 300 g/mol. The zero-order valence-electron chi connectivity index (χ0n) is 12.9. The van der Waals surface area contributed by atoms with Crippen LogP contribution >= 0.6 is 0 Å². The van der Waals surface area contributed by atoms with Crippen LogP contribution in [0.3, 0.4) is 0 Å². The fourth-order valence-corrected chi connectivity index (χ4v) is 2.95. The maximum absolute atomic E-state index is 12.5. The average Bonchev–Trinajstić information content (AvgIpc) is 3.16. The van der Waals surface area contributed by atoms with Crippen molar-refractivity contribution in [3.8, 4) is 5.75 Å². The Morgan fingerprint density at radius 2 is 2.18 bits per heavy atom. The summed E-state index contributed by atoms with van der Waals surface area (Å²) in [5.41, 5.74) is 1.94. The number of carbonyl (C=O) groups is 1. The minimum atomic E-state index is -0.0587. The Hall–Kier alpha value is -2.30. The first-order valence-electron chi connectivity index (χ1n) is 7.54. The van der Waals surface area contributed by atoms with Crippen molar-refractivity contribution < 1.29 is 14.1 Å². The van der Waals surface area contributed by atoms with Gasteiger partial charge in [-0.1, -0.05) is 17.3 Å². The Kier molecular flexibility index (Phi) is 4.13. The van der Waals surface area contributed by atoms with Crippen LogP contribution in [0.1, 0.15) is 34.7 Å². The first-order valence-corrected chi connectivity index (χ1v) is 7.54. The van der Waals surface area contributed by atoms with Gasteiger partial charge in [0.05, 0.1) is 12.8 Å². The van der Waals surface area contributed by atoms with E-state index in [2.05, 4.69) is 17.3 Å². The fraction of sp³-hybridized carbons (Fsp3) is 0.412. The van der Waals surface area contributed by atoms with Gasteiger partial charge >= 0.3 is 0 Å². The molecule has 0 radical (unpaired) electrons. The SMILES string of the molecule is COc1ccc(CC2CCCN2C(=O)c2cc(C)no2)cc1. The van der Waals surface area contributed by atoms with Crippen LogP contribution in [0.15, 0.2) is 34.9 Å². The number of nitrogens with zero attached hydrogens (tertiary/aromatic N) is 2. The molecule has 0 saturated carbocycles. The molecule has 1 fully saturated rings. The number of amides is 1. The molecule has 3 rings (SSSR count). The molecule has 1 aromatic heterocycles. The molecule has 2 aromatic rings. The van der Waals surface area contributed by atoms with Gasteiger partial charge in [0.25, 0.3) is 5.91 Å². The molecule has 5 heteroatoms. The molecule has 0 aliphatic carbocycles. The van der Waals surface area contributed by atoms with Gasteiger partial charge in [0.1, 0.15) is 5.75 Å². The molecule has 5 nitrogen and oxygen atoms in total. The normalized spacial score (nSPS) is 17.7. The average molecular weight is 300 g/mol. The van der Waals surface area contributed by atoms with Crippen LogP contribution in [-0.4, -0.2) is 35.7 Å². The molecule has 1 saturated heterocycles. The third kappa shape index (κ3) is 2.98. The van der Waals surface area contributed by atoms with Crippen LogP contribution in [-0.2, 0) is 6.42 Å². The summed E-state index contributed by atoms with van der Waals surface area (Å²) in [6.45, 7) is 2.60. The first kappa shape index (κ1) is 14.6. The molecule has 22 heavy (non-hydrogen) atoms. The molecule has 2 heterocycles. The maximum Gasteiger partial charge on any atom is 0.292 e. The number of methoxy groups -OCH3 is 1. The van der Waals surface area contributed by atoms with Gasteiger partial charge in [-0.05, 0) is 43.9 Å². The minimum Gasteiger partial charge on any atom is -0.497 e. The number of benzene rings is 1. The third-order valence-electron chi connectivity index (χ3n) is 4.11. The predicted molar refractivity (Wildman–Crippen MR) is 82.0 cm³/mol. The van der Waals surface area contributed by atoms with Crippen molar-refractivity contribution in [2.75, 3.05) is 13.7 Å². The lowest BCUT2D eigenvalue weighted by atomic mass is 10.0. The van der Waals surface area contributed by atoms with E-state index in [4.69, 9.17) is 9.26 Å². The second-order valence-electron chi connectivity index (χ2n) is 5.68. The molecule has 0 N–H and O–H groups in total. The Bertz CT molecular complexity index is 648. The molecule has 1 aliphatic heterocycles. The minimum absolute atomic E-state index is 0.0587. The molecule has 1 amide bonds. The van der Waals surface area contributed by atoms with Crippen LogP contribution < -0.4 is 4.74 Å². The standard InChI is InChI=1S/C17H20N2O3/c1-12-10-16(22-18-12)17(20)19-9-3-4-14(19)11-13-5-7-15(21-2)8-6-13/h5-8,10,14H,3-4,9,11H2,1-2H3. The Balaban J connectivity index is 1.71. The summed E-state index contributed by atoms with van der Waals surface area (Å²) in [6, 6.07) is 9.93. The number of aromatic nitrogens is 1. The van der Waals surface area contributed by atoms with Crippen molar-refractivity contribution in [3.63, 3.8) is 0 Å². The van der Waals surface area contributed by atoms with E-state index in [0.717, 1.165) is 37.3 Å². The van der Waals surface area contributed by atoms with E-state index in [9.17, 15) is 4.79 Å². The van der Waals surface area contributed by atoms with E-state index >= 15 is 0 Å². The Morgan fingerprint density at radius 3 is 2.82 bits per heavy atom. The van der Waals surface area contributed by atoms with Crippen molar-refractivity contribution >= 4 is 5.91 Å². The van der Waals surface area contributed by atoms with Crippen LogP contribution in [0.5, 0.6) is 5.75 Å². The van der Waals surface area contributed by atoms with Gasteiger partial charge in [-0.25, -0.2) is 0 Å². The van der Waals surface area contributed by atoms with E-state index in [0.29, 0.717) is 5.76 Å². The highest BCUT2D eigenvalue weighted by molar-refractivity contribution is 5.91. The van der Waals surface area contributed by atoms with Gasteiger partial charge < -0.3 is 14.2 Å². The van der Waals surface area contributed by atoms with Crippen molar-refractivity contribution in [3.05, 3.63) is 47.3 Å². The van der Waals surface area contributed by atoms with Crippen molar-refractivity contribution in [2.45, 2.75) is 32.2 Å². The topological polar surface area (TPSA) is 55.6 Å².